The maximum absolute atomic E-state index is 13.1. The van der Waals surface area contributed by atoms with Gasteiger partial charge in [-0.05, 0) is 12.1 Å². The molecule has 2 saturated heterocycles. The van der Waals surface area contributed by atoms with Gasteiger partial charge in [-0.1, -0.05) is 11.6 Å². The van der Waals surface area contributed by atoms with Crippen molar-refractivity contribution >= 4 is 23.4 Å². The van der Waals surface area contributed by atoms with Gasteiger partial charge in [0.25, 0.3) is 5.91 Å². The molecule has 0 spiro atoms. The molecular formula is C16H18ClFN2O4. The van der Waals surface area contributed by atoms with Crippen molar-refractivity contribution in [2.24, 2.45) is 5.92 Å². The van der Waals surface area contributed by atoms with E-state index in [1.54, 1.807) is 16.8 Å². The lowest BCUT2D eigenvalue weighted by atomic mass is 10.1. The minimum atomic E-state index is -0.544. The average molecular weight is 357 g/mol. The van der Waals surface area contributed by atoms with Crippen LogP contribution < -0.4 is 4.74 Å². The molecule has 0 unspecified atom stereocenters. The zero-order valence-electron chi connectivity index (χ0n) is 13.2. The second kappa shape index (κ2) is 6.94. The van der Waals surface area contributed by atoms with E-state index in [4.69, 9.17) is 21.1 Å². The number of rotatable bonds is 3. The summed E-state index contributed by atoms with van der Waals surface area (Å²) in [5.74, 6) is -0.806. The summed E-state index contributed by atoms with van der Waals surface area (Å²) < 4.78 is 24.0. The number of carbonyl (C=O) groups excluding carboxylic acids is 2. The number of hydrogen-bond donors (Lipinski definition) is 0. The van der Waals surface area contributed by atoms with Gasteiger partial charge in [0, 0.05) is 26.2 Å². The van der Waals surface area contributed by atoms with Crippen molar-refractivity contribution in [2.75, 3.05) is 40.0 Å². The van der Waals surface area contributed by atoms with E-state index in [0.717, 1.165) is 0 Å². The quantitative estimate of drug-likeness (QED) is 0.816. The van der Waals surface area contributed by atoms with Gasteiger partial charge in [0.15, 0.2) is 6.61 Å². The van der Waals surface area contributed by atoms with E-state index < -0.39 is 5.82 Å². The first-order valence-electron chi connectivity index (χ1n) is 7.65. The minimum absolute atomic E-state index is 0.000894. The van der Waals surface area contributed by atoms with Crippen LogP contribution in [0.15, 0.2) is 18.2 Å². The summed E-state index contributed by atoms with van der Waals surface area (Å²) in [5, 5.41) is -0.0615. The molecule has 2 aliphatic heterocycles. The predicted molar refractivity (Wildman–Crippen MR) is 84.4 cm³/mol. The highest BCUT2D eigenvalue weighted by molar-refractivity contribution is 6.30. The van der Waals surface area contributed by atoms with Gasteiger partial charge in [0.1, 0.15) is 11.6 Å². The zero-order valence-corrected chi connectivity index (χ0v) is 14.0. The molecule has 1 aromatic carbocycles. The van der Waals surface area contributed by atoms with Crippen LogP contribution in [-0.4, -0.2) is 67.6 Å². The molecule has 2 amide bonds. The van der Waals surface area contributed by atoms with E-state index in [1.165, 1.54) is 18.2 Å². The molecule has 0 N–H and O–H groups in total. The number of fused-ring (bicyclic) bond motifs is 3. The van der Waals surface area contributed by atoms with E-state index in [1.807, 2.05) is 0 Å². The van der Waals surface area contributed by atoms with Gasteiger partial charge in [-0.25, -0.2) is 4.39 Å². The standard InChI is InChI=1S/C16H18ClFN2O4/c1-19-11-6-20(5-10(16(19)22)7-23-8-11)15(21)9-24-12-2-3-14(18)13(17)4-12/h2-4,10-11H,5-9H2,1H3/t10-,11+/m1/s1. The zero-order chi connectivity index (χ0) is 17.3. The topological polar surface area (TPSA) is 59.1 Å². The number of ether oxygens (including phenoxy) is 2. The summed E-state index contributed by atoms with van der Waals surface area (Å²) in [4.78, 5) is 28.0. The molecule has 0 aliphatic carbocycles. The van der Waals surface area contributed by atoms with Gasteiger partial charge in [-0.3, -0.25) is 9.59 Å². The average Bonchev–Trinajstić information content (AvgIpc) is 2.73. The number of halogens is 2. The van der Waals surface area contributed by atoms with Crippen molar-refractivity contribution in [2.45, 2.75) is 6.04 Å². The highest BCUT2D eigenvalue weighted by Crippen LogP contribution is 2.22. The van der Waals surface area contributed by atoms with Crippen LogP contribution in [0.3, 0.4) is 0 Å². The summed E-state index contributed by atoms with van der Waals surface area (Å²) >= 11 is 5.69. The molecule has 8 heteroatoms. The van der Waals surface area contributed by atoms with Gasteiger partial charge >= 0.3 is 0 Å². The molecule has 2 heterocycles. The van der Waals surface area contributed by atoms with Crippen LogP contribution in [0.25, 0.3) is 0 Å². The Labute approximate surface area is 144 Å². The highest BCUT2D eigenvalue weighted by Gasteiger charge is 2.38. The van der Waals surface area contributed by atoms with E-state index in [-0.39, 0.29) is 35.4 Å². The Morgan fingerprint density at radius 2 is 2.21 bits per heavy atom. The molecule has 0 aromatic heterocycles. The minimum Gasteiger partial charge on any atom is -0.484 e. The second-order valence-electron chi connectivity index (χ2n) is 6.00. The fourth-order valence-electron chi connectivity index (χ4n) is 2.90. The Bertz CT molecular complexity index is 657. The molecule has 0 radical (unpaired) electrons. The first kappa shape index (κ1) is 17.0. The van der Waals surface area contributed by atoms with Crippen LogP contribution in [0.2, 0.25) is 5.02 Å². The third-order valence-corrected chi connectivity index (χ3v) is 4.64. The molecule has 24 heavy (non-hydrogen) atoms. The van der Waals surface area contributed by atoms with E-state index in [0.29, 0.717) is 32.1 Å². The monoisotopic (exact) mass is 356 g/mol. The van der Waals surface area contributed by atoms with Crippen LogP contribution >= 0.6 is 11.6 Å². The van der Waals surface area contributed by atoms with Crippen molar-refractivity contribution in [1.29, 1.82) is 0 Å². The van der Waals surface area contributed by atoms with Gasteiger partial charge in [-0.15, -0.1) is 0 Å². The SMILES string of the molecule is CN1C(=O)[C@H]2COC[C@@H]1CN(C(=O)COc1ccc(F)c(Cl)c1)C2. The van der Waals surface area contributed by atoms with Crippen LogP contribution in [-0.2, 0) is 14.3 Å². The normalized spacial score (nSPS) is 23.9. The third kappa shape index (κ3) is 3.47. The summed E-state index contributed by atoms with van der Waals surface area (Å²) in [6, 6.07) is 3.77. The third-order valence-electron chi connectivity index (χ3n) is 4.35. The first-order valence-corrected chi connectivity index (χ1v) is 8.03. The maximum atomic E-state index is 13.1. The van der Waals surface area contributed by atoms with Crippen LogP contribution in [0, 0.1) is 11.7 Å². The molecule has 0 saturated carbocycles. The Morgan fingerprint density at radius 3 is 2.96 bits per heavy atom. The van der Waals surface area contributed by atoms with Gasteiger partial charge in [-0.2, -0.15) is 0 Å². The molecule has 2 fully saturated rings. The van der Waals surface area contributed by atoms with E-state index in [2.05, 4.69) is 0 Å². The Kier molecular flexibility index (Phi) is 4.91. The molecule has 2 atom stereocenters. The summed E-state index contributed by atoms with van der Waals surface area (Å²) in [5.41, 5.74) is 0. The van der Waals surface area contributed by atoms with Crippen LogP contribution in [0.1, 0.15) is 0 Å². The van der Waals surface area contributed by atoms with E-state index >= 15 is 0 Å². The fourth-order valence-corrected chi connectivity index (χ4v) is 3.08. The Morgan fingerprint density at radius 1 is 1.42 bits per heavy atom. The van der Waals surface area contributed by atoms with Gasteiger partial charge < -0.3 is 19.3 Å². The second-order valence-corrected chi connectivity index (χ2v) is 6.41. The number of likely N-dealkylation sites (N-methyl/N-ethyl adjacent to an activating group) is 1. The summed E-state index contributed by atoms with van der Waals surface area (Å²) in [6.45, 7) is 1.26. The lowest BCUT2D eigenvalue weighted by Crippen LogP contribution is -2.46. The molecule has 130 valence electrons. The van der Waals surface area contributed by atoms with Crippen molar-refractivity contribution in [1.82, 2.24) is 9.80 Å². The van der Waals surface area contributed by atoms with Crippen LogP contribution in [0.4, 0.5) is 4.39 Å². The molecule has 1 aromatic rings. The molecule has 6 nitrogen and oxygen atoms in total. The first-order chi connectivity index (χ1) is 11.5. The largest absolute Gasteiger partial charge is 0.484 e. The number of benzene rings is 1. The van der Waals surface area contributed by atoms with Crippen molar-refractivity contribution in [3.8, 4) is 5.75 Å². The maximum Gasteiger partial charge on any atom is 0.260 e. The smallest absolute Gasteiger partial charge is 0.260 e. The lowest BCUT2D eigenvalue weighted by molar-refractivity contribution is -0.135. The number of amides is 2. The number of hydrogen-bond acceptors (Lipinski definition) is 4. The van der Waals surface area contributed by atoms with Gasteiger partial charge in [0.05, 0.1) is 30.2 Å². The van der Waals surface area contributed by atoms with E-state index in [9.17, 15) is 14.0 Å². The number of nitrogens with zero attached hydrogens (tertiary/aromatic N) is 2. The summed E-state index contributed by atoms with van der Waals surface area (Å²) in [7, 11) is 1.74. The molecule has 2 bridgehead atoms. The lowest BCUT2D eigenvalue weighted by Gasteiger charge is -2.29. The van der Waals surface area contributed by atoms with Crippen LogP contribution in [0.5, 0.6) is 5.75 Å². The Hall–Kier alpha value is -1.86. The molecule has 2 aliphatic rings. The van der Waals surface area contributed by atoms with Crippen molar-refractivity contribution < 1.29 is 23.5 Å². The fraction of sp³-hybridized carbons (Fsp3) is 0.500. The predicted octanol–water partition coefficient (Wildman–Crippen LogP) is 1.17. The van der Waals surface area contributed by atoms with Gasteiger partial charge in [0.2, 0.25) is 5.91 Å². The van der Waals surface area contributed by atoms with Crippen molar-refractivity contribution in [3.63, 3.8) is 0 Å². The highest BCUT2D eigenvalue weighted by atomic mass is 35.5. The molecule has 3 rings (SSSR count). The molecular weight excluding hydrogens is 339 g/mol. The Balaban J connectivity index is 1.64. The number of carbonyl (C=O) groups is 2. The summed E-state index contributed by atoms with van der Waals surface area (Å²) in [6.07, 6.45) is 0. The van der Waals surface area contributed by atoms with Crippen molar-refractivity contribution in [3.05, 3.63) is 29.0 Å².